The number of hydrogen-bond acceptors (Lipinski definition) is 4. The van der Waals surface area contributed by atoms with Gasteiger partial charge in [0.1, 0.15) is 0 Å². The highest BCUT2D eigenvalue weighted by Gasteiger charge is 2.50. The van der Waals surface area contributed by atoms with E-state index in [1.807, 2.05) is 6.07 Å². The number of nitrogens with one attached hydrogen (secondary N) is 1. The van der Waals surface area contributed by atoms with Crippen molar-refractivity contribution < 1.29 is 14.3 Å². The van der Waals surface area contributed by atoms with Crippen LogP contribution >= 0.6 is 23.4 Å². The molecule has 1 aliphatic rings. The molecule has 0 saturated carbocycles. The summed E-state index contributed by atoms with van der Waals surface area (Å²) in [6.07, 6.45) is 0. The predicted octanol–water partition coefficient (Wildman–Crippen LogP) is 2.23. The van der Waals surface area contributed by atoms with Crippen LogP contribution in [0, 0.1) is 0 Å². The fourth-order valence-corrected chi connectivity index (χ4v) is 2.73. The summed E-state index contributed by atoms with van der Waals surface area (Å²) < 4.78 is 3.09. The SMILES string of the molecule is CCOC(=O)C1(Cl)Sc2ccccc2NC1=O. The van der Waals surface area contributed by atoms with Gasteiger partial charge in [0.05, 0.1) is 12.3 Å². The summed E-state index contributed by atoms with van der Waals surface area (Å²) in [5, 5.41) is 2.60. The van der Waals surface area contributed by atoms with E-state index in [4.69, 9.17) is 16.3 Å². The van der Waals surface area contributed by atoms with Crippen LogP contribution in [0.15, 0.2) is 29.2 Å². The zero-order chi connectivity index (χ0) is 12.5. The molecule has 0 radical (unpaired) electrons. The molecule has 0 spiro atoms. The Morgan fingerprint density at radius 1 is 1.53 bits per heavy atom. The third kappa shape index (κ3) is 2.12. The van der Waals surface area contributed by atoms with Gasteiger partial charge in [-0.2, -0.15) is 0 Å². The highest BCUT2D eigenvalue weighted by Crippen LogP contribution is 2.45. The second-order valence-electron chi connectivity index (χ2n) is 3.37. The maximum absolute atomic E-state index is 11.8. The van der Waals surface area contributed by atoms with Crippen molar-refractivity contribution in [1.29, 1.82) is 0 Å². The molecule has 0 aromatic heterocycles. The molecule has 0 fully saturated rings. The Labute approximate surface area is 108 Å². The van der Waals surface area contributed by atoms with E-state index in [2.05, 4.69) is 5.32 Å². The predicted molar refractivity (Wildman–Crippen MR) is 66.1 cm³/mol. The number of esters is 1. The number of ether oxygens (including phenoxy) is 1. The second-order valence-corrected chi connectivity index (χ2v) is 5.42. The summed E-state index contributed by atoms with van der Waals surface area (Å²) in [7, 11) is 0. The molecule has 1 N–H and O–H groups in total. The molecule has 17 heavy (non-hydrogen) atoms. The molecular formula is C11H10ClNO3S. The molecule has 1 aromatic rings. The lowest BCUT2D eigenvalue weighted by molar-refractivity contribution is -0.145. The average molecular weight is 272 g/mol. The van der Waals surface area contributed by atoms with Gasteiger partial charge in [-0.25, -0.2) is 4.79 Å². The van der Waals surface area contributed by atoms with Gasteiger partial charge in [-0.15, -0.1) is 0 Å². The normalized spacial score (nSPS) is 22.6. The lowest BCUT2D eigenvalue weighted by Gasteiger charge is -2.28. The molecule has 4 nitrogen and oxygen atoms in total. The smallest absolute Gasteiger partial charge is 0.347 e. The second kappa shape index (κ2) is 4.58. The zero-order valence-electron chi connectivity index (χ0n) is 9.03. The lowest BCUT2D eigenvalue weighted by atomic mass is 10.3. The fraction of sp³-hybridized carbons (Fsp3) is 0.273. The Morgan fingerprint density at radius 2 is 2.24 bits per heavy atom. The number of halogens is 1. The maximum Gasteiger partial charge on any atom is 0.347 e. The summed E-state index contributed by atoms with van der Waals surface area (Å²) in [6.45, 7) is 1.85. The van der Waals surface area contributed by atoms with Crippen molar-refractivity contribution in [3.63, 3.8) is 0 Å². The van der Waals surface area contributed by atoms with Crippen LogP contribution < -0.4 is 5.32 Å². The average Bonchev–Trinajstić information content (AvgIpc) is 2.31. The van der Waals surface area contributed by atoms with E-state index in [0.717, 1.165) is 16.7 Å². The van der Waals surface area contributed by atoms with Crippen molar-refractivity contribution >= 4 is 40.9 Å². The highest BCUT2D eigenvalue weighted by molar-refractivity contribution is 8.04. The van der Waals surface area contributed by atoms with Crippen LogP contribution in [0.5, 0.6) is 0 Å². The van der Waals surface area contributed by atoms with Crippen LogP contribution in [-0.4, -0.2) is 22.7 Å². The first-order valence-electron chi connectivity index (χ1n) is 5.03. The van der Waals surface area contributed by atoms with Crippen LogP contribution in [0.1, 0.15) is 6.92 Å². The molecule has 1 aliphatic heterocycles. The van der Waals surface area contributed by atoms with E-state index in [1.54, 1.807) is 25.1 Å². The molecule has 2 rings (SSSR count). The van der Waals surface area contributed by atoms with E-state index in [-0.39, 0.29) is 6.61 Å². The summed E-state index contributed by atoms with van der Waals surface area (Å²) in [5.74, 6) is -1.31. The molecule has 1 aromatic carbocycles. The van der Waals surface area contributed by atoms with Gasteiger partial charge in [-0.3, -0.25) is 4.79 Å². The van der Waals surface area contributed by atoms with Crippen molar-refractivity contribution in [2.45, 2.75) is 16.0 Å². The summed E-state index contributed by atoms with van der Waals surface area (Å²) >= 11 is 7.05. The van der Waals surface area contributed by atoms with Crippen molar-refractivity contribution in [2.24, 2.45) is 0 Å². The van der Waals surface area contributed by atoms with Gasteiger partial charge in [0.2, 0.25) is 0 Å². The number of rotatable bonds is 2. The van der Waals surface area contributed by atoms with Crippen molar-refractivity contribution in [2.75, 3.05) is 11.9 Å². The van der Waals surface area contributed by atoms with Crippen molar-refractivity contribution in [1.82, 2.24) is 0 Å². The highest BCUT2D eigenvalue weighted by atomic mass is 35.5. The topological polar surface area (TPSA) is 55.4 Å². The zero-order valence-corrected chi connectivity index (χ0v) is 10.6. The van der Waals surface area contributed by atoms with Crippen molar-refractivity contribution in [3.8, 4) is 0 Å². The number of benzene rings is 1. The molecule has 90 valence electrons. The molecule has 0 aliphatic carbocycles. The summed E-state index contributed by atoms with van der Waals surface area (Å²) in [6, 6.07) is 7.15. The number of alkyl halides is 1. The van der Waals surface area contributed by atoms with Gasteiger partial charge in [-0.05, 0) is 19.1 Å². The Kier molecular flexibility index (Phi) is 3.31. The monoisotopic (exact) mass is 271 g/mol. The molecular weight excluding hydrogens is 262 g/mol. The first-order valence-corrected chi connectivity index (χ1v) is 6.23. The van der Waals surface area contributed by atoms with E-state index < -0.39 is 16.1 Å². The van der Waals surface area contributed by atoms with Crippen molar-refractivity contribution in [3.05, 3.63) is 24.3 Å². The number of carbonyl (C=O) groups is 2. The minimum Gasteiger partial charge on any atom is -0.464 e. The minimum absolute atomic E-state index is 0.183. The molecule has 1 unspecified atom stereocenters. The first kappa shape index (κ1) is 12.3. The van der Waals surface area contributed by atoms with E-state index in [9.17, 15) is 9.59 Å². The number of thioether (sulfide) groups is 1. The number of carbonyl (C=O) groups excluding carboxylic acids is 2. The van der Waals surface area contributed by atoms with E-state index in [1.165, 1.54) is 0 Å². The number of anilines is 1. The Bertz CT molecular complexity index is 480. The van der Waals surface area contributed by atoms with E-state index in [0.29, 0.717) is 5.69 Å². The van der Waals surface area contributed by atoms with Gasteiger partial charge in [0.15, 0.2) is 0 Å². The quantitative estimate of drug-likeness (QED) is 0.509. The van der Waals surface area contributed by atoms with Gasteiger partial charge < -0.3 is 10.1 Å². The number of hydrogen-bond donors (Lipinski definition) is 1. The molecule has 1 heterocycles. The summed E-state index contributed by atoms with van der Waals surface area (Å²) in [4.78, 5) is 24.3. The number of fused-ring (bicyclic) bond motifs is 1. The Balaban J connectivity index is 2.34. The minimum atomic E-state index is -1.73. The lowest BCUT2D eigenvalue weighted by Crippen LogP contribution is -2.45. The summed E-state index contributed by atoms with van der Waals surface area (Å²) in [5.41, 5.74) is 0.656. The standard InChI is InChI=1S/C11H10ClNO3S/c1-2-16-10(15)11(12)9(14)13-7-5-3-4-6-8(7)17-11/h3-6H,2H2,1H3,(H,13,14). The van der Waals surface area contributed by atoms with Crippen LogP contribution in [0.2, 0.25) is 0 Å². The number of para-hydroxylation sites is 1. The Morgan fingerprint density at radius 3 is 2.94 bits per heavy atom. The molecule has 0 saturated heterocycles. The molecule has 0 bridgehead atoms. The third-order valence-electron chi connectivity index (χ3n) is 2.22. The fourth-order valence-electron chi connectivity index (χ4n) is 1.42. The van der Waals surface area contributed by atoms with E-state index >= 15 is 0 Å². The van der Waals surface area contributed by atoms with Gasteiger partial charge in [-0.1, -0.05) is 35.5 Å². The first-order chi connectivity index (χ1) is 8.08. The van der Waals surface area contributed by atoms with Crippen LogP contribution in [0.4, 0.5) is 5.69 Å². The number of amides is 1. The van der Waals surface area contributed by atoms with Crippen LogP contribution in [0.25, 0.3) is 0 Å². The molecule has 1 atom stereocenters. The largest absolute Gasteiger partial charge is 0.464 e. The maximum atomic E-state index is 11.8. The third-order valence-corrected chi connectivity index (χ3v) is 3.98. The molecule has 1 amide bonds. The van der Waals surface area contributed by atoms with Crippen LogP contribution in [0.3, 0.4) is 0 Å². The van der Waals surface area contributed by atoms with Gasteiger partial charge in [0, 0.05) is 4.90 Å². The van der Waals surface area contributed by atoms with Crippen LogP contribution in [-0.2, 0) is 14.3 Å². The molecule has 6 heteroatoms. The van der Waals surface area contributed by atoms with Gasteiger partial charge >= 0.3 is 5.97 Å². The van der Waals surface area contributed by atoms with Gasteiger partial charge in [0.25, 0.3) is 10.1 Å². The Hall–Kier alpha value is -1.20.